The summed E-state index contributed by atoms with van der Waals surface area (Å²) in [5.74, 6) is 0. The van der Waals surface area contributed by atoms with Crippen molar-refractivity contribution >= 4 is 48.7 Å². The molecule has 29 heteroatoms. The van der Waals surface area contributed by atoms with E-state index in [1.807, 2.05) is 6.92 Å². The molecule has 11 N–H and O–H groups in total. The molecule has 0 aromatic heterocycles. The number of rotatable bonds is 13. The van der Waals surface area contributed by atoms with Crippen LogP contribution in [0.5, 0.6) is 0 Å². The summed E-state index contributed by atoms with van der Waals surface area (Å²) < 4.78 is 6.09. The number of hydrogen-bond acceptors (Lipinski definition) is 19. The maximum atomic E-state index is 11.1. The highest BCUT2D eigenvalue weighted by atomic mass is 35.5. The standard InChI is InChI=1S/C6H11ClN2O2.C6H12N2O3.C6H12N2O2.C5H12N2O3.C5H14N2O.C4H9NO4.2ClH/c1-6(4-10)3-8(2)5(11)9(6)7;1-6(8(9)10)3-7(2)5-11-4-6;1-6(4-9)3-8(2)5(10)7-6;1-5(4-8,3-6-2)7(9)10;1-5(6,4-8)3-7-2;1-4(2-6,3-7)5(8)9;;/h10H,3-4H2,1-2H3;3-5H2,1-2H3;9H,3-4H2,1-2H3,(H,7,10);6,8H,3-4H2,1-2H3;7-8H,3-4,6H2,1-2H3;6-7H,2-3H2,1H3;2*1H. The quantitative estimate of drug-likeness (QED) is 0.0522. The highest BCUT2D eigenvalue weighted by Crippen LogP contribution is 2.26. The maximum absolute atomic E-state index is 11.1. The molecule has 5 unspecified atom stereocenters. The summed E-state index contributed by atoms with van der Waals surface area (Å²) in [6, 6.07) is -0.375. The zero-order valence-corrected chi connectivity index (χ0v) is 39.3. The second-order valence-corrected chi connectivity index (χ2v) is 16.5. The molecule has 61 heavy (non-hydrogen) atoms. The monoisotopic (exact) mass is 955 g/mol. The van der Waals surface area contributed by atoms with Crippen molar-refractivity contribution in [2.75, 3.05) is 121 Å². The molecule has 0 bridgehead atoms. The molecule has 3 fully saturated rings. The zero-order chi connectivity index (χ0) is 47.2. The number of carbonyl (C=O) groups is 2. The van der Waals surface area contributed by atoms with Gasteiger partial charge in [0.2, 0.25) is 0 Å². The second kappa shape index (κ2) is 30.3. The van der Waals surface area contributed by atoms with Gasteiger partial charge in [-0.2, -0.15) is 0 Å². The minimum atomic E-state index is -1.58. The molecule has 0 spiro atoms. The molecule has 0 saturated carbocycles. The highest BCUT2D eigenvalue weighted by molar-refractivity contribution is 6.22. The van der Waals surface area contributed by atoms with Crippen molar-refractivity contribution in [2.24, 2.45) is 5.73 Å². The number of nitrogens with one attached hydrogen (secondary N) is 3. The van der Waals surface area contributed by atoms with Crippen LogP contribution in [0.25, 0.3) is 0 Å². The summed E-state index contributed by atoms with van der Waals surface area (Å²) in [5.41, 5.74) is 0.232. The van der Waals surface area contributed by atoms with Gasteiger partial charge in [0, 0.05) is 86.6 Å². The number of nitrogens with two attached hydrogens (primary N) is 1. The zero-order valence-electron chi connectivity index (χ0n) is 37.0. The molecule has 0 aliphatic carbocycles. The number of urea groups is 2. The van der Waals surface area contributed by atoms with Crippen LogP contribution in [0.3, 0.4) is 0 Å². The van der Waals surface area contributed by atoms with Gasteiger partial charge in [0.25, 0.3) is 16.6 Å². The van der Waals surface area contributed by atoms with Crippen LogP contribution in [0.1, 0.15) is 41.5 Å². The molecule has 3 aliphatic heterocycles. The maximum Gasteiger partial charge on any atom is 0.335 e. The van der Waals surface area contributed by atoms with E-state index in [9.17, 15) is 39.9 Å². The van der Waals surface area contributed by atoms with Gasteiger partial charge in [0.05, 0.1) is 50.7 Å². The van der Waals surface area contributed by atoms with E-state index in [-0.39, 0.29) is 74.8 Å². The number of nitro groups is 3. The van der Waals surface area contributed by atoms with Crippen LogP contribution < -0.4 is 21.7 Å². The first kappa shape index (κ1) is 67.3. The predicted molar refractivity (Wildman–Crippen MR) is 231 cm³/mol. The number of nitrogens with zero attached hydrogens (tertiary/aromatic N) is 7. The number of ether oxygens (including phenoxy) is 1. The van der Waals surface area contributed by atoms with Crippen molar-refractivity contribution in [1.29, 1.82) is 0 Å². The third-order valence-corrected chi connectivity index (χ3v) is 9.31. The van der Waals surface area contributed by atoms with E-state index in [4.69, 9.17) is 52.9 Å². The fourth-order valence-electron chi connectivity index (χ4n) is 4.60. The van der Waals surface area contributed by atoms with Crippen molar-refractivity contribution in [3.63, 3.8) is 0 Å². The second-order valence-electron chi connectivity index (χ2n) is 16.2. The molecule has 3 aliphatic rings. The number of amides is 4. The normalized spacial score (nSPS) is 23.9. The van der Waals surface area contributed by atoms with Crippen molar-refractivity contribution < 1.29 is 59.7 Å². The number of halogens is 3. The third kappa shape index (κ3) is 23.4. The Morgan fingerprint density at radius 2 is 1.25 bits per heavy atom. The first-order chi connectivity index (χ1) is 26.9. The number of aliphatic hydroxyl groups excluding tert-OH is 6. The summed E-state index contributed by atoms with van der Waals surface area (Å²) in [4.78, 5) is 56.0. The predicted octanol–water partition coefficient (Wildman–Crippen LogP) is -2.41. The van der Waals surface area contributed by atoms with E-state index in [1.54, 1.807) is 65.8 Å². The lowest BCUT2D eigenvalue weighted by atomic mass is 10.0. The van der Waals surface area contributed by atoms with Gasteiger partial charge >= 0.3 is 12.1 Å². The molecule has 0 aromatic rings. The van der Waals surface area contributed by atoms with Crippen LogP contribution in [-0.2, 0) is 4.74 Å². The smallest absolute Gasteiger partial charge is 0.335 e. The Labute approximate surface area is 374 Å². The molecular weight excluding hydrogens is 885 g/mol. The van der Waals surface area contributed by atoms with Crippen LogP contribution in [0.15, 0.2) is 0 Å². The average Bonchev–Trinajstić information content (AvgIpc) is 3.55. The Bertz CT molecular complexity index is 1320. The van der Waals surface area contributed by atoms with E-state index in [0.717, 1.165) is 4.42 Å². The summed E-state index contributed by atoms with van der Waals surface area (Å²) in [5, 5.41) is 90.5. The number of hydrogen-bond donors (Lipinski definition) is 10. The number of likely N-dealkylation sites (N-methyl/N-ethyl adjacent to an activating group) is 5. The number of aliphatic hydroxyl groups is 6. The van der Waals surface area contributed by atoms with E-state index < -0.39 is 62.9 Å². The minimum absolute atomic E-state index is 0. The lowest BCUT2D eigenvalue weighted by Crippen LogP contribution is -2.53. The molecule has 5 atom stereocenters. The Morgan fingerprint density at radius 1 is 0.787 bits per heavy atom. The number of carbonyl (C=O) groups excluding carboxylic acids is 2. The van der Waals surface area contributed by atoms with E-state index in [1.165, 1.54) is 18.7 Å². The van der Waals surface area contributed by atoms with Crippen LogP contribution in [0.4, 0.5) is 9.59 Å². The van der Waals surface area contributed by atoms with Gasteiger partial charge in [-0.25, -0.2) is 14.0 Å². The SMILES string of the molecule is CC(CO)(CO)[N+](=O)[O-].CN1CC(C)(CO)N(Cl)C1=O.CN1CC(C)(CO)NC1=O.CN1COCC(C)([N+](=O)[O-])C1.CNCC(C)(CO)[N+](=O)[O-].CNCC(C)(N)CO.Cl.Cl. The third-order valence-electron chi connectivity index (χ3n) is 8.76. The molecule has 3 saturated heterocycles. The summed E-state index contributed by atoms with van der Waals surface area (Å²) >= 11 is 5.65. The van der Waals surface area contributed by atoms with Gasteiger partial charge in [-0.1, -0.05) is 0 Å². The van der Waals surface area contributed by atoms with Crippen LogP contribution in [-0.4, -0.2) is 231 Å². The topological polar surface area (TPSA) is 369 Å². The minimum Gasteiger partial charge on any atom is -0.394 e. The molecule has 3 heterocycles. The lowest BCUT2D eigenvalue weighted by Gasteiger charge is -2.31. The summed E-state index contributed by atoms with van der Waals surface area (Å²) in [6.45, 7) is 10.7. The molecular formula is C32H72Cl3N11O15. The Kier molecular flexibility index (Phi) is 33.4. The first-order valence-electron chi connectivity index (χ1n) is 18.1. The molecule has 0 aromatic carbocycles. The summed E-state index contributed by atoms with van der Waals surface area (Å²) in [7, 11) is 8.58. The average molecular weight is 957 g/mol. The van der Waals surface area contributed by atoms with Crippen LogP contribution in [0, 0.1) is 30.3 Å². The van der Waals surface area contributed by atoms with E-state index >= 15 is 0 Å². The van der Waals surface area contributed by atoms with Crippen LogP contribution >= 0.6 is 36.6 Å². The van der Waals surface area contributed by atoms with Crippen molar-refractivity contribution in [3.05, 3.63) is 30.3 Å². The summed E-state index contributed by atoms with van der Waals surface area (Å²) in [6.07, 6.45) is 0. The molecule has 26 nitrogen and oxygen atoms in total. The van der Waals surface area contributed by atoms with E-state index in [0.29, 0.717) is 32.9 Å². The largest absolute Gasteiger partial charge is 0.394 e. The van der Waals surface area contributed by atoms with E-state index in [2.05, 4.69) is 16.0 Å². The first-order valence-corrected chi connectivity index (χ1v) is 18.4. The van der Waals surface area contributed by atoms with Gasteiger partial charge in [-0.3, -0.25) is 35.2 Å². The van der Waals surface area contributed by atoms with Crippen molar-refractivity contribution in [3.8, 4) is 0 Å². The van der Waals surface area contributed by atoms with Gasteiger partial charge in [0.1, 0.15) is 26.4 Å². The fourth-order valence-corrected chi connectivity index (χ4v) is 4.84. The highest BCUT2D eigenvalue weighted by Gasteiger charge is 2.44. The Morgan fingerprint density at radius 3 is 1.41 bits per heavy atom. The van der Waals surface area contributed by atoms with Crippen LogP contribution in [0.2, 0.25) is 0 Å². The Hall–Kier alpha value is -2.83. The molecule has 4 amide bonds. The van der Waals surface area contributed by atoms with Crippen molar-refractivity contribution in [1.82, 2.24) is 35.1 Å². The van der Waals surface area contributed by atoms with Gasteiger partial charge in [-0.15, -0.1) is 24.8 Å². The van der Waals surface area contributed by atoms with Gasteiger partial charge in [-0.05, 0) is 41.9 Å². The lowest BCUT2D eigenvalue weighted by molar-refractivity contribution is -0.575. The Balaban J connectivity index is -0.000000205. The fraction of sp³-hybridized carbons (Fsp3) is 0.938. The molecule has 3 rings (SSSR count). The van der Waals surface area contributed by atoms with Gasteiger partial charge in [0.15, 0.2) is 0 Å². The molecule has 0 radical (unpaired) electrons. The molecule has 366 valence electrons. The van der Waals surface area contributed by atoms with Gasteiger partial charge < -0.3 is 66.9 Å². The van der Waals surface area contributed by atoms with Crippen molar-refractivity contribution in [2.45, 2.75) is 74.8 Å².